The van der Waals surface area contributed by atoms with Crippen molar-refractivity contribution in [1.82, 2.24) is 0 Å². The molecule has 0 aromatic heterocycles. The highest BCUT2D eigenvalue weighted by Gasteiger charge is 2.18. The summed E-state index contributed by atoms with van der Waals surface area (Å²) in [5.41, 5.74) is 0. The lowest BCUT2D eigenvalue weighted by atomic mass is 10.1. The monoisotopic (exact) mass is 294 g/mol. The molecule has 0 radical (unpaired) electrons. The Kier molecular flexibility index (Phi) is 13.2. The molecule has 0 spiro atoms. The first-order chi connectivity index (χ1) is 9.12. The fourth-order valence-electron chi connectivity index (χ4n) is 1.97. The van der Waals surface area contributed by atoms with E-state index >= 15 is 0 Å². The van der Waals surface area contributed by atoms with Crippen LogP contribution in [0.5, 0.6) is 0 Å². The zero-order chi connectivity index (χ0) is 14.4. The summed E-state index contributed by atoms with van der Waals surface area (Å²) in [4.78, 5) is 9.17. The maximum absolute atomic E-state index is 11.2. The Balaban J connectivity index is 3.17. The molecule has 0 amide bonds. The van der Waals surface area contributed by atoms with Crippen molar-refractivity contribution in [2.24, 2.45) is 0 Å². The Labute approximate surface area is 118 Å². The Hall–Kier alpha value is 0.110. The van der Waals surface area contributed by atoms with Crippen LogP contribution < -0.4 is 0 Å². The molecule has 0 fully saturated rings. The minimum atomic E-state index is -3.77. The summed E-state index contributed by atoms with van der Waals surface area (Å²) in [5, 5.41) is 0. The number of unbranched alkanes of at least 4 members (excludes halogenated alkanes) is 9. The average molecular weight is 294 g/mol. The molecule has 0 aliphatic carbocycles. The summed E-state index contributed by atoms with van der Waals surface area (Å²) in [6.45, 7) is 4.42. The molecule has 0 heterocycles. The highest BCUT2D eigenvalue weighted by atomic mass is 31.2. The van der Waals surface area contributed by atoms with E-state index in [0.717, 1.165) is 12.8 Å². The molecular weight excluding hydrogens is 263 g/mol. The van der Waals surface area contributed by atoms with Gasteiger partial charge in [-0.05, 0) is 13.3 Å². The summed E-state index contributed by atoms with van der Waals surface area (Å²) in [5.74, 6) is 0. The first-order valence-electron chi connectivity index (χ1n) is 7.74. The molecule has 0 aliphatic rings. The Bertz CT molecular complexity index is 233. The van der Waals surface area contributed by atoms with Gasteiger partial charge in [-0.1, -0.05) is 64.7 Å². The third kappa shape index (κ3) is 14.3. The SMILES string of the molecule is CCCCCCCCCCCCOP(=O)(O)OCC. The van der Waals surface area contributed by atoms with Crippen LogP contribution in [0.2, 0.25) is 0 Å². The van der Waals surface area contributed by atoms with Gasteiger partial charge < -0.3 is 4.89 Å². The second-order valence-corrected chi connectivity index (χ2v) is 6.36. The molecule has 1 atom stereocenters. The summed E-state index contributed by atoms with van der Waals surface area (Å²) in [6.07, 6.45) is 12.4. The van der Waals surface area contributed by atoms with Crippen LogP contribution in [0.15, 0.2) is 0 Å². The van der Waals surface area contributed by atoms with Crippen LogP contribution in [0.1, 0.15) is 78.1 Å². The van der Waals surface area contributed by atoms with Gasteiger partial charge in [0.15, 0.2) is 0 Å². The molecule has 1 unspecified atom stereocenters. The number of hydrogen-bond donors (Lipinski definition) is 1. The molecule has 0 rings (SSSR count). The molecule has 0 aromatic carbocycles. The van der Waals surface area contributed by atoms with E-state index in [1.165, 1.54) is 51.4 Å². The Morgan fingerprint density at radius 2 is 1.26 bits per heavy atom. The molecule has 0 aliphatic heterocycles. The summed E-state index contributed by atoms with van der Waals surface area (Å²) >= 11 is 0. The minimum Gasteiger partial charge on any atom is -0.302 e. The quantitative estimate of drug-likeness (QED) is 0.359. The number of phosphoric ester groups is 1. The first kappa shape index (κ1) is 19.1. The van der Waals surface area contributed by atoms with Gasteiger partial charge in [-0.3, -0.25) is 9.05 Å². The van der Waals surface area contributed by atoms with Gasteiger partial charge in [0, 0.05) is 0 Å². The van der Waals surface area contributed by atoms with E-state index in [1.807, 2.05) is 0 Å². The van der Waals surface area contributed by atoms with E-state index in [4.69, 9.17) is 9.42 Å². The predicted octanol–water partition coefficient (Wildman–Crippen LogP) is 5.06. The molecular formula is C14H31O4P. The lowest BCUT2D eigenvalue weighted by Crippen LogP contribution is -1.96. The van der Waals surface area contributed by atoms with Crippen molar-refractivity contribution in [2.75, 3.05) is 13.2 Å². The third-order valence-corrected chi connectivity index (χ3v) is 4.14. The molecule has 0 bridgehead atoms. The van der Waals surface area contributed by atoms with Gasteiger partial charge in [0.05, 0.1) is 13.2 Å². The molecule has 4 nitrogen and oxygen atoms in total. The molecule has 0 saturated heterocycles. The van der Waals surface area contributed by atoms with Crippen molar-refractivity contribution in [2.45, 2.75) is 78.1 Å². The molecule has 0 aromatic rings. The van der Waals surface area contributed by atoms with Gasteiger partial charge in [-0.2, -0.15) is 0 Å². The van der Waals surface area contributed by atoms with Crippen molar-refractivity contribution in [3.63, 3.8) is 0 Å². The van der Waals surface area contributed by atoms with Crippen molar-refractivity contribution < 1.29 is 18.5 Å². The fourth-order valence-corrected chi connectivity index (χ4v) is 2.73. The Morgan fingerprint density at radius 3 is 1.74 bits per heavy atom. The highest BCUT2D eigenvalue weighted by Crippen LogP contribution is 2.42. The van der Waals surface area contributed by atoms with E-state index < -0.39 is 7.82 Å². The lowest BCUT2D eigenvalue weighted by Gasteiger charge is -2.10. The number of phosphoric acid groups is 1. The minimum absolute atomic E-state index is 0.200. The van der Waals surface area contributed by atoms with Crippen molar-refractivity contribution in [3.8, 4) is 0 Å². The van der Waals surface area contributed by atoms with Crippen molar-refractivity contribution in [1.29, 1.82) is 0 Å². The molecule has 116 valence electrons. The third-order valence-electron chi connectivity index (χ3n) is 3.04. The van der Waals surface area contributed by atoms with Crippen molar-refractivity contribution in [3.05, 3.63) is 0 Å². The first-order valence-corrected chi connectivity index (χ1v) is 9.23. The summed E-state index contributed by atoms with van der Waals surface area (Å²) < 4.78 is 20.6. The maximum atomic E-state index is 11.2. The van der Waals surface area contributed by atoms with Crippen LogP contribution in [0, 0.1) is 0 Å². The number of rotatable bonds is 14. The van der Waals surface area contributed by atoms with Gasteiger partial charge in [-0.15, -0.1) is 0 Å². The normalized spacial score (nSPS) is 14.5. The standard InChI is InChI=1S/C14H31O4P/c1-3-5-6-7-8-9-10-11-12-13-14-18-19(15,16)17-4-2/h3-14H2,1-2H3,(H,15,16). The average Bonchev–Trinajstić information content (AvgIpc) is 2.36. The van der Waals surface area contributed by atoms with Gasteiger partial charge in [0.2, 0.25) is 0 Å². The van der Waals surface area contributed by atoms with Crippen LogP contribution in [-0.4, -0.2) is 18.1 Å². The van der Waals surface area contributed by atoms with Crippen LogP contribution in [0.25, 0.3) is 0 Å². The molecule has 0 saturated carbocycles. The smallest absolute Gasteiger partial charge is 0.302 e. The Morgan fingerprint density at radius 1 is 0.789 bits per heavy atom. The maximum Gasteiger partial charge on any atom is 0.472 e. The largest absolute Gasteiger partial charge is 0.472 e. The van der Waals surface area contributed by atoms with E-state index in [1.54, 1.807) is 6.92 Å². The van der Waals surface area contributed by atoms with Crippen molar-refractivity contribution >= 4 is 7.82 Å². The zero-order valence-electron chi connectivity index (χ0n) is 12.6. The summed E-state index contributed by atoms with van der Waals surface area (Å²) in [7, 11) is -3.77. The van der Waals surface area contributed by atoms with E-state index in [-0.39, 0.29) is 6.61 Å². The van der Waals surface area contributed by atoms with E-state index in [2.05, 4.69) is 11.4 Å². The lowest BCUT2D eigenvalue weighted by molar-refractivity contribution is 0.153. The van der Waals surface area contributed by atoms with E-state index in [0.29, 0.717) is 6.61 Å². The van der Waals surface area contributed by atoms with Crippen LogP contribution >= 0.6 is 7.82 Å². The van der Waals surface area contributed by atoms with Gasteiger partial charge in [0.1, 0.15) is 0 Å². The second kappa shape index (κ2) is 13.1. The van der Waals surface area contributed by atoms with Crippen LogP contribution in [0.4, 0.5) is 0 Å². The molecule has 5 heteroatoms. The number of hydrogen-bond acceptors (Lipinski definition) is 3. The van der Waals surface area contributed by atoms with Gasteiger partial charge in [-0.25, -0.2) is 4.57 Å². The zero-order valence-corrected chi connectivity index (χ0v) is 13.5. The van der Waals surface area contributed by atoms with Gasteiger partial charge in [0.25, 0.3) is 0 Å². The molecule has 1 N–H and O–H groups in total. The fraction of sp³-hybridized carbons (Fsp3) is 1.00. The van der Waals surface area contributed by atoms with Crippen LogP contribution in [0.3, 0.4) is 0 Å². The topological polar surface area (TPSA) is 55.8 Å². The molecule has 19 heavy (non-hydrogen) atoms. The van der Waals surface area contributed by atoms with Crippen LogP contribution in [-0.2, 0) is 13.6 Å². The van der Waals surface area contributed by atoms with Gasteiger partial charge >= 0.3 is 7.82 Å². The predicted molar refractivity (Wildman–Crippen MR) is 79.2 cm³/mol. The highest BCUT2D eigenvalue weighted by molar-refractivity contribution is 7.47. The van der Waals surface area contributed by atoms with E-state index in [9.17, 15) is 4.57 Å². The summed E-state index contributed by atoms with van der Waals surface area (Å²) in [6, 6.07) is 0. The second-order valence-electron chi connectivity index (χ2n) is 4.90.